The molecule has 8 nitrogen and oxygen atoms in total. The van der Waals surface area contributed by atoms with Crippen LogP contribution < -0.4 is 24.5 Å². The van der Waals surface area contributed by atoms with Crippen LogP contribution >= 0.6 is 0 Å². The van der Waals surface area contributed by atoms with E-state index in [0.717, 1.165) is 37.5 Å². The zero-order chi connectivity index (χ0) is 27.1. The van der Waals surface area contributed by atoms with Crippen LogP contribution in [0.3, 0.4) is 0 Å². The molecule has 4 rings (SSSR count). The average Bonchev–Trinajstić information content (AvgIpc) is 2.93. The summed E-state index contributed by atoms with van der Waals surface area (Å²) >= 11 is 0. The number of pyridine rings is 1. The molecule has 0 aliphatic heterocycles. The number of aromatic amines is 1. The van der Waals surface area contributed by atoms with E-state index in [2.05, 4.69) is 4.98 Å². The van der Waals surface area contributed by atoms with Gasteiger partial charge in [0.2, 0.25) is 5.75 Å². The maximum absolute atomic E-state index is 14.1. The van der Waals surface area contributed by atoms with E-state index in [1.54, 1.807) is 25.3 Å². The van der Waals surface area contributed by atoms with Crippen molar-refractivity contribution < 1.29 is 23.7 Å². The average molecular weight is 523 g/mol. The summed E-state index contributed by atoms with van der Waals surface area (Å²) in [4.78, 5) is 32.1. The highest BCUT2D eigenvalue weighted by Gasteiger charge is 2.29. The summed E-state index contributed by atoms with van der Waals surface area (Å²) in [5.41, 5.74) is 1.48. The van der Waals surface area contributed by atoms with Crippen molar-refractivity contribution in [3.8, 4) is 23.0 Å². The fourth-order valence-electron chi connectivity index (χ4n) is 5.09. The summed E-state index contributed by atoms with van der Waals surface area (Å²) in [5, 5.41) is 0.884. The normalized spacial score (nSPS) is 13.8. The number of amides is 1. The summed E-state index contributed by atoms with van der Waals surface area (Å²) < 4.78 is 22.8. The van der Waals surface area contributed by atoms with E-state index in [9.17, 15) is 9.59 Å². The number of ether oxygens (including phenoxy) is 4. The van der Waals surface area contributed by atoms with Gasteiger partial charge in [0.15, 0.2) is 11.5 Å². The number of nitrogens with zero attached hydrogens (tertiary/aromatic N) is 1. The number of rotatable bonds is 11. The van der Waals surface area contributed by atoms with E-state index in [1.165, 1.54) is 0 Å². The van der Waals surface area contributed by atoms with Gasteiger partial charge in [-0.3, -0.25) is 9.59 Å². The van der Waals surface area contributed by atoms with Crippen molar-refractivity contribution in [3.05, 3.63) is 57.9 Å². The number of nitrogens with one attached hydrogen (secondary N) is 1. The first-order valence-corrected chi connectivity index (χ1v) is 13.6. The predicted octanol–water partition coefficient (Wildman–Crippen LogP) is 5.71. The molecule has 0 unspecified atom stereocenters. The largest absolute Gasteiger partial charge is 0.497 e. The smallest absolute Gasteiger partial charge is 0.254 e. The molecule has 1 amide bonds. The van der Waals surface area contributed by atoms with Crippen molar-refractivity contribution in [2.24, 2.45) is 0 Å². The molecule has 1 N–H and O–H groups in total. The van der Waals surface area contributed by atoms with Crippen LogP contribution in [-0.2, 0) is 6.54 Å². The highest BCUT2D eigenvalue weighted by atomic mass is 16.5. The Labute approximate surface area is 223 Å². The third kappa shape index (κ3) is 6.06. The highest BCUT2D eigenvalue weighted by Crippen LogP contribution is 2.40. The molecule has 0 spiro atoms. The molecule has 0 radical (unpaired) electrons. The lowest BCUT2D eigenvalue weighted by Gasteiger charge is -2.34. The van der Waals surface area contributed by atoms with Gasteiger partial charge in [0.05, 0.1) is 39.0 Å². The van der Waals surface area contributed by atoms with Crippen LogP contribution in [0.15, 0.2) is 41.2 Å². The quantitative estimate of drug-likeness (QED) is 0.347. The van der Waals surface area contributed by atoms with Crippen molar-refractivity contribution in [2.75, 3.05) is 26.9 Å². The first-order valence-electron chi connectivity index (χ1n) is 13.6. The second-order valence-corrected chi connectivity index (χ2v) is 9.40. The molecule has 0 bridgehead atoms. The Bertz CT molecular complexity index is 1280. The molecule has 1 aliphatic carbocycles. The predicted molar refractivity (Wildman–Crippen MR) is 148 cm³/mol. The number of benzene rings is 2. The van der Waals surface area contributed by atoms with Crippen LogP contribution in [0, 0.1) is 0 Å². The highest BCUT2D eigenvalue weighted by molar-refractivity contribution is 5.96. The number of fused-ring (bicyclic) bond motifs is 1. The van der Waals surface area contributed by atoms with Crippen LogP contribution in [-0.4, -0.2) is 48.8 Å². The molecule has 3 aromatic rings. The first kappa shape index (κ1) is 27.4. The van der Waals surface area contributed by atoms with Crippen LogP contribution in [0.2, 0.25) is 0 Å². The Balaban J connectivity index is 1.75. The number of H-pyrrole nitrogens is 1. The van der Waals surface area contributed by atoms with E-state index in [4.69, 9.17) is 18.9 Å². The molecular weight excluding hydrogens is 484 g/mol. The topological polar surface area (TPSA) is 90.1 Å². The molecule has 204 valence electrons. The van der Waals surface area contributed by atoms with E-state index in [0.29, 0.717) is 59.5 Å². The monoisotopic (exact) mass is 522 g/mol. The molecule has 0 atom stereocenters. The zero-order valence-electron chi connectivity index (χ0n) is 22.8. The number of methoxy groups -OCH3 is 1. The lowest BCUT2D eigenvalue weighted by atomic mass is 9.93. The van der Waals surface area contributed by atoms with Gasteiger partial charge in [0, 0.05) is 23.2 Å². The minimum atomic E-state index is -0.212. The van der Waals surface area contributed by atoms with Gasteiger partial charge in [-0.2, -0.15) is 0 Å². The zero-order valence-corrected chi connectivity index (χ0v) is 22.8. The third-order valence-corrected chi connectivity index (χ3v) is 6.90. The molecule has 0 saturated heterocycles. The molecule has 2 aromatic carbocycles. The fourth-order valence-corrected chi connectivity index (χ4v) is 5.09. The van der Waals surface area contributed by atoms with Crippen molar-refractivity contribution in [3.63, 3.8) is 0 Å². The summed E-state index contributed by atoms with van der Waals surface area (Å²) in [5.74, 6) is 1.97. The van der Waals surface area contributed by atoms with E-state index >= 15 is 0 Å². The number of carbonyl (C=O) groups excluding carboxylic acids is 1. The van der Waals surface area contributed by atoms with Crippen molar-refractivity contribution >= 4 is 16.8 Å². The molecule has 1 fully saturated rings. The van der Waals surface area contributed by atoms with Crippen LogP contribution in [0.4, 0.5) is 0 Å². The van der Waals surface area contributed by atoms with Crippen molar-refractivity contribution in [1.82, 2.24) is 9.88 Å². The van der Waals surface area contributed by atoms with Gasteiger partial charge >= 0.3 is 0 Å². The summed E-state index contributed by atoms with van der Waals surface area (Å²) in [6.07, 6.45) is 5.08. The second kappa shape index (κ2) is 12.7. The second-order valence-electron chi connectivity index (χ2n) is 9.40. The maximum Gasteiger partial charge on any atom is 0.254 e. The maximum atomic E-state index is 14.1. The number of carbonyl (C=O) groups is 1. The molecule has 38 heavy (non-hydrogen) atoms. The lowest BCUT2D eigenvalue weighted by Crippen LogP contribution is -2.42. The van der Waals surface area contributed by atoms with Crippen LogP contribution in [0.5, 0.6) is 23.0 Å². The van der Waals surface area contributed by atoms with E-state index < -0.39 is 0 Å². The van der Waals surface area contributed by atoms with Gasteiger partial charge in [0.1, 0.15) is 5.75 Å². The lowest BCUT2D eigenvalue weighted by molar-refractivity contribution is 0.0612. The van der Waals surface area contributed by atoms with Gasteiger partial charge in [-0.1, -0.05) is 19.3 Å². The molecule has 1 heterocycles. The van der Waals surface area contributed by atoms with Gasteiger partial charge in [-0.15, -0.1) is 0 Å². The molecule has 8 heteroatoms. The summed E-state index contributed by atoms with van der Waals surface area (Å²) in [6.45, 7) is 7.17. The van der Waals surface area contributed by atoms with Crippen molar-refractivity contribution in [1.29, 1.82) is 0 Å². The Morgan fingerprint density at radius 2 is 1.58 bits per heavy atom. The van der Waals surface area contributed by atoms with Gasteiger partial charge < -0.3 is 28.8 Å². The fraction of sp³-hybridized carbons (Fsp3) is 0.467. The summed E-state index contributed by atoms with van der Waals surface area (Å²) in [7, 11) is 1.59. The number of hydrogen-bond acceptors (Lipinski definition) is 6. The Morgan fingerprint density at radius 3 is 2.18 bits per heavy atom. The Hall–Kier alpha value is -3.68. The Kier molecular flexibility index (Phi) is 9.15. The summed E-state index contributed by atoms with van der Waals surface area (Å²) in [6, 6.07) is 10.9. The van der Waals surface area contributed by atoms with Gasteiger partial charge in [0.25, 0.3) is 11.5 Å². The van der Waals surface area contributed by atoms with Gasteiger partial charge in [-0.25, -0.2) is 0 Å². The van der Waals surface area contributed by atoms with E-state index in [1.807, 2.05) is 43.9 Å². The molecular formula is C30H38N2O6. The third-order valence-electron chi connectivity index (χ3n) is 6.90. The number of hydrogen-bond donors (Lipinski definition) is 1. The standard InChI is InChI=1S/C30H38N2O6/c1-5-36-26-16-21(17-27(37-6-2)28(26)38-7-3)30(34)32(23-11-9-8-10-12-23)19-22-15-20-13-14-24(35-4)18-25(20)31-29(22)33/h13-18,23H,5-12,19H2,1-4H3,(H,31,33). The van der Waals surface area contributed by atoms with Crippen LogP contribution in [0.25, 0.3) is 10.9 Å². The van der Waals surface area contributed by atoms with E-state index in [-0.39, 0.29) is 24.1 Å². The number of aromatic nitrogens is 1. The molecule has 1 aromatic heterocycles. The minimum Gasteiger partial charge on any atom is -0.497 e. The van der Waals surface area contributed by atoms with Crippen molar-refractivity contribution in [2.45, 2.75) is 65.5 Å². The van der Waals surface area contributed by atoms with Crippen LogP contribution in [0.1, 0.15) is 68.8 Å². The molecule has 1 saturated carbocycles. The minimum absolute atomic E-state index is 0.0415. The van der Waals surface area contributed by atoms with Gasteiger partial charge in [-0.05, 0) is 69.3 Å². The SMILES string of the molecule is CCOc1cc(C(=O)N(Cc2cc3ccc(OC)cc3[nH]c2=O)C2CCCCC2)cc(OCC)c1OCC. The Morgan fingerprint density at radius 1 is 0.921 bits per heavy atom. The first-order chi connectivity index (χ1) is 18.5. The molecule has 1 aliphatic rings.